The van der Waals surface area contributed by atoms with Crippen molar-refractivity contribution in [2.45, 2.75) is 44.8 Å². The molecule has 1 fully saturated rings. The Balaban J connectivity index is 1.32. The zero-order valence-corrected chi connectivity index (χ0v) is 15.8. The van der Waals surface area contributed by atoms with Crippen LogP contribution in [0.2, 0.25) is 0 Å². The molecular formula is C20H25N7O. The number of likely N-dealkylation sites (tertiary alicyclic amines) is 1. The van der Waals surface area contributed by atoms with Crippen LogP contribution in [-0.2, 0) is 13.1 Å². The molecule has 0 saturated carbocycles. The molecule has 1 aromatic carbocycles. The van der Waals surface area contributed by atoms with E-state index in [-0.39, 0.29) is 12.1 Å². The van der Waals surface area contributed by atoms with Crippen molar-refractivity contribution in [1.29, 1.82) is 0 Å². The van der Waals surface area contributed by atoms with Gasteiger partial charge in [0.15, 0.2) is 5.82 Å². The molecule has 146 valence electrons. The summed E-state index contributed by atoms with van der Waals surface area (Å²) in [6, 6.07) is 11.9. The van der Waals surface area contributed by atoms with Gasteiger partial charge in [-0.05, 0) is 31.7 Å². The Bertz CT molecular complexity index is 875. The van der Waals surface area contributed by atoms with E-state index in [4.69, 9.17) is 0 Å². The number of piperidine rings is 1. The maximum atomic E-state index is 12.8. The number of hydrogen-bond donors (Lipinski definition) is 2. The smallest absolute Gasteiger partial charge is 0.318 e. The molecule has 1 unspecified atom stereocenters. The molecule has 1 atom stereocenters. The van der Waals surface area contributed by atoms with E-state index in [0.29, 0.717) is 18.2 Å². The van der Waals surface area contributed by atoms with Gasteiger partial charge < -0.3 is 10.2 Å². The van der Waals surface area contributed by atoms with Crippen LogP contribution in [0.4, 0.5) is 4.79 Å². The van der Waals surface area contributed by atoms with E-state index in [1.807, 2.05) is 52.2 Å². The Hall–Kier alpha value is -3.16. The van der Waals surface area contributed by atoms with Gasteiger partial charge >= 0.3 is 6.03 Å². The first-order chi connectivity index (χ1) is 13.8. The Morgan fingerprint density at radius 3 is 2.93 bits per heavy atom. The number of nitrogens with one attached hydrogen (secondary N) is 2. The van der Waals surface area contributed by atoms with E-state index >= 15 is 0 Å². The largest absolute Gasteiger partial charge is 0.331 e. The number of carbonyl (C=O) groups is 1. The third kappa shape index (κ3) is 4.39. The molecule has 0 radical (unpaired) electrons. The topological polar surface area (TPSA) is 91.7 Å². The summed E-state index contributed by atoms with van der Waals surface area (Å²) in [4.78, 5) is 19.2. The number of aromatic amines is 1. The van der Waals surface area contributed by atoms with Crippen molar-refractivity contribution < 1.29 is 4.79 Å². The molecular weight excluding hydrogens is 354 g/mol. The number of aryl methyl sites for hydroxylation is 1. The molecule has 3 aromatic rings. The minimum absolute atomic E-state index is 0.0390. The third-order valence-electron chi connectivity index (χ3n) is 5.11. The molecule has 4 rings (SSSR count). The lowest BCUT2D eigenvalue weighted by atomic mass is 10.00. The van der Waals surface area contributed by atoms with Crippen molar-refractivity contribution in [3.63, 3.8) is 0 Å². The number of urea groups is 1. The first-order valence-corrected chi connectivity index (χ1v) is 9.78. The van der Waals surface area contributed by atoms with Crippen molar-refractivity contribution >= 4 is 6.03 Å². The van der Waals surface area contributed by atoms with Gasteiger partial charge in [0.1, 0.15) is 5.82 Å². The van der Waals surface area contributed by atoms with Gasteiger partial charge in [-0.3, -0.25) is 9.78 Å². The Labute approximate surface area is 164 Å². The second kappa shape index (κ2) is 8.69. The van der Waals surface area contributed by atoms with Crippen molar-refractivity contribution in [3.05, 3.63) is 54.6 Å². The summed E-state index contributed by atoms with van der Waals surface area (Å²) in [5.74, 6) is 1.29. The van der Waals surface area contributed by atoms with Gasteiger partial charge in [-0.15, -0.1) is 0 Å². The highest BCUT2D eigenvalue weighted by Gasteiger charge is 2.26. The summed E-state index contributed by atoms with van der Waals surface area (Å²) in [6.07, 6.45) is 7.90. The molecule has 3 heterocycles. The summed E-state index contributed by atoms with van der Waals surface area (Å²) >= 11 is 0. The first kappa shape index (κ1) is 18.2. The summed E-state index contributed by atoms with van der Waals surface area (Å²) in [7, 11) is 0. The van der Waals surface area contributed by atoms with Crippen molar-refractivity contribution in [1.82, 2.24) is 35.2 Å². The van der Waals surface area contributed by atoms with Crippen LogP contribution in [0.1, 0.15) is 31.5 Å². The Morgan fingerprint density at radius 2 is 2.11 bits per heavy atom. The molecule has 28 heavy (non-hydrogen) atoms. The quantitative estimate of drug-likeness (QED) is 0.689. The van der Waals surface area contributed by atoms with E-state index in [2.05, 4.69) is 25.6 Å². The average molecular weight is 379 g/mol. The van der Waals surface area contributed by atoms with Gasteiger partial charge in [0.05, 0.1) is 6.54 Å². The minimum Gasteiger partial charge on any atom is -0.331 e. The van der Waals surface area contributed by atoms with Gasteiger partial charge in [0.25, 0.3) is 0 Å². The highest BCUT2D eigenvalue weighted by Crippen LogP contribution is 2.20. The van der Waals surface area contributed by atoms with Crippen LogP contribution in [0.3, 0.4) is 0 Å². The van der Waals surface area contributed by atoms with Crippen LogP contribution in [0, 0.1) is 0 Å². The lowest BCUT2D eigenvalue weighted by Crippen LogP contribution is -2.48. The molecule has 0 aliphatic carbocycles. The zero-order valence-electron chi connectivity index (χ0n) is 15.8. The van der Waals surface area contributed by atoms with Gasteiger partial charge in [-0.2, -0.15) is 10.2 Å². The molecule has 1 aliphatic rings. The predicted molar refractivity (Wildman–Crippen MR) is 105 cm³/mol. The fourth-order valence-corrected chi connectivity index (χ4v) is 3.63. The van der Waals surface area contributed by atoms with Crippen LogP contribution in [0.5, 0.6) is 0 Å². The van der Waals surface area contributed by atoms with E-state index in [9.17, 15) is 4.79 Å². The number of hydrogen-bond acceptors (Lipinski definition) is 4. The second-order valence-electron chi connectivity index (χ2n) is 7.03. The Morgan fingerprint density at radius 1 is 1.21 bits per heavy atom. The maximum absolute atomic E-state index is 12.8. The number of benzene rings is 1. The second-order valence-corrected chi connectivity index (χ2v) is 7.03. The number of H-pyrrole nitrogens is 1. The average Bonchev–Trinajstić information content (AvgIpc) is 3.43. The summed E-state index contributed by atoms with van der Waals surface area (Å²) in [5, 5.41) is 14.4. The highest BCUT2D eigenvalue weighted by molar-refractivity contribution is 5.74. The molecule has 8 heteroatoms. The van der Waals surface area contributed by atoms with Crippen LogP contribution in [-0.4, -0.2) is 48.5 Å². The Kier molecular flexibility index (Phi) is 5.65. The molecule has 2 N–H and O–H groups in total. The lowest BCUT2D eigenvalue weighted by molar-refractivity contribution is 0.142. The minimum atomic E-state index is -0.0390. The normalized spacial score (nSPS) is 16.9. The number of aromatic nitrogens is 5. The SMILES string of the molecule is O=C(NCc1nc(-c2ccccc2)n[nH]1)N1CCCCC1CCn1cccn1. The zero-order chi connectivity index (χ0) is 19.2. The van der Waals surface area contributed by atoms with Gasteiger partial charge in [0.2, 0.25) is 0 Å². The molecule has 2 aromatic heterocycles. The van der Waals surface area contributed by atoms with Crippen LogP contribution in [0.25, 0.3) is 11.4 Å². The standard InChI is InChI=1S/C20H25N7O/c28-20(21-15-18-23-19(25-24-18)16-7-2-1-3-8-16)27-13-5-4-9-17(27)10-14-26-12-6-11-22-26/h1-3,6-8,11-12,17H,4-5,9-10,13-15H2,(H,21,28)(H,23,24,25). The van der Waals surface area contributed by atoms with Crippen LogP contribution >= 0.6 is 0 Å². The number of amides is 2. The molecule has 0 bridgehead atoms. The summed E-state index contributed by atoms with van der Waals surface area (Å²) < 4.78 is 1.92. The van der Waals surface area contributed by atoms with Gasteiger partial charge in [-0.25, -0.2) is 9.78 Å². The number of carbonyl (C=O) groups excluding carboxylic acids is 1. The molecule has 0 spiro atoms. The molecule has 2 amide bonds. The van der Waals surface area contributed by atoms with E-state index in [1.54, 1.807) is 6.20 Å². The van der Waals surface area contributed by atoms with E-state index in [1.165, 1.54) is 0 Å². The fraction of sp³-hybridized carbons (Fsp3) is 0.400. The summed E-state index contributed by atoms with van der Waals surface area (Å²) in [5.41, 5.74) is 0.950. The molecule has 1 saturated heterocycles. The summed E-state index contributed by atoms with van der Waals surface area (Å²) in [6.45, 7) is 1.95. The maximum Gasteiger partial charge on any atom is 0.318 e. The number of nitrogens with zero attached hydrogens (tertiary/aromatic N) is 5. The van der Waals surface area contributed by atoms with Gasteiger partial charge in [0, 0.05) is 37.1 Å². The van der Waals surface area contributed by atoms with Crippen LogP contribution < -0.4 is 5.32 Å². The van der Waals surface area contributed by atoms with E-state index < -0.39 is 0 Å². The first-order valence-electron chi connectivity index (χ1n) is 9.78. The molecule has 8 nitrogen and oxygen atoms in total. The number of rotatable bonds is 6. The third-order valence-corrected chi connectivity index (χ3v) is 5.11. The van der Waals surface area contributed by atoms with Crippen molar-refractivity contribution in [2.75, 3.05) is 6.54 Å². The van der Waals surface area contributed by atoms with Crippen LogP contribution in [0.15, 0.2) is 48.8 Å². The van der Waals surface area contributed by atoms with Crippen molar-refractivity contribution in [2.24, 2.45) is 0 Å². The van der Waals surface area contributed by atoms with E-state index in [0.717, 1.165) is 44.3 Å². The van der Waals surface area contributed by atoms with Crippen molar-refractivity contribution in [3.8, 4) is 11.4 Å². The fourth-order valence-electron chi connectivity index (χ4n) is 3.63. The monoisotopic (exact) mass is 379 g/mol. The van der Waals surface area contributed by atoms with Gasteiger partial charge in [-0.1, -0.05) is 30.3 Å². The molecule has 1 aliphatic heterocycles. The lowest BCUT2D eigenvalue weighted by Gasteiger charge is -2.35. The predicted octanol–water partition coefficient (Wildman–Crippen LogP) is 2.82. The highest BCUT2D eigenvalue weighted by atomic mass is 16.2.